The first-order chi connectivity index (χ1) is 12.3. The second kappa shape index (κ2) is 8.60. The summed E-state index contributed by atoms with van der Waals surface area (Å²) in [5.41, 5.74) is 2.17. The number of halogens is 1. The van der Waals surface area contributed by atoms with E-state index in [1.165, 1.54) is 22.9 Å². The molecule has 0 aromatic heterocycles. The molecule has 0 amide bonds. The summed E-state index contributed by atoms with van der Waals surface area (Å²) in [6.45, 7) is 2.40. The summed E-state index contributed by atoms with van der Waals surface area (Å²) in [7, 11) is 1.66. The average Bonchev–Trinajstić information content (AvgIpc) is 2.64. The molecule has 3 nitrogen and oxygen atoms in total. The lowest BCUT2D eigenvalue weighted by molar-refractivity contribution is 0.146. The van der Waals surface area contributed by atoms with Crippen molar-refractivity contribution in [2.24, 2.45) is 0 Å². The third-order valence-corrected chi connectivity index (χ3v) is 4.09. The Labute approximate surface area is 147 Å². The van der Waals surface area contributed by atoms with Crippen LogP contribution in [0.2, 0.25) is 0 Å². The highest BCUT2D eigenvalue weighted by Crippen LogP contribution is 2.28. The van der Waals surface area contributed by atoms with E-state index < -0.39 is 0 Å². The maximum absolute atomic E-state index is 13.0. The molecule has 0 aliphatic heterocycles. The molecule has 25 heavy (non-hydrogen) atoms. The van der Waals surface area contributed by atoms with Crippen molar-refractivity contribution in [1.29, 1.82) is 0 Å². The molecule has 0 aliphatic rings. The fraction of sp³-hybridized carbons (Fsp3) is 0.238. The highest BCUT2D eigenvalue weighted by molar-refractivity contribution is 5.87. The second-order valence-corrected chi connectivity index (χ2v) is 5.83. The standard InChI is InChI=1S/C21H22FNO2/c1-24-12-13-25-21-11-8-17-4-2-3-5-19(17)20(21)15-23-14-16-6-9-18(22)10-7-16/h2-11,23H,12-15H2,1H3. The Kier molecular flexibility index (Phi) is 5.99. The fourth-order valence-corrected chi connectivity index (χ4v) is 2.80. The summed E-state index contributed by atoms with van der Waals surface area (Å²) in [5, 5.41) is 5.78. The Morgan fingerprint density at radius 1 is 0.880 bits per heavy atom. The average molecular weight is 339 g/mol. The summed E-state index contributed by atoms with van der Waals surface area (Å²) in [6.07, 6.45) is 0. The van der Waals surface area contributed by atoms with E-state index in [4.69, 9.17) is 9.47 Å². The van der Waals surface area contributed by atoms with Crippen LogP contribution >= 0.6 is 0 Å². The minimum Gasteiger partial charge on any atom is -0.491 e. The van der Waals surface area contributed by atoms with Gasteiger partial charge in [0.25, 0.3) is 0 Å². The number of nitrogens with one attached hydrogen (secondary N) is 1. The molecule has 0 heterocycles. The maximum atomic E-state index is 13.0. The molecule has 0 saturated heterocycles. The van der Waals surface area contributed by atoms with Crippen molar-refractivity contribution < 1.29 is 13.9 Å². The quantitative estimate of drug-likeness (QED) is 0.621. The van der Waals surface area contributed by atoms with E-state index in [9.17, 15) is 4.39 Å². The van der Waals surface area contributed by atoms with E-state index in [0.29, 0.717) is 26.3 Å². The zero-order chi connectivity index (χ0) is 17.5. The van der Waals surface area contributed by atoms with E-state index in [2.05, 4.69) is 23.5 Å². The number of methoxy groups -OCH3 is 1. The van der Waals surface area contributed by atoms with Crippen molar-refractivity contribution in [3.05, 3.63) is 77.6 Å². The number of benzene rings is 3. The van der Waals surface area contributed by atoms with Crippen molar-refractivity contribution >= 4 is 10.8 Å². The number of ether oxygens (including phenoxy) is 2. The molecule has 3 rings (SSSR count). The van der Waals surface area contributed by atoms with Crippen LogP contribution in [0, 0.1) is 5.82 Å². The van der Waals surface area contributed by atoms with Crippen LogP contribution in [0.4, 0.5) is 4.39 Å². The molecule has 1 N–H and O–H groups in total. The Hall–Kier alpha value is -2.43. The molecule has 3 aromatic rings. The molecule has 0 saturated carbocycles. The molecule has 0 fully saturated rings. The van der Waals surface area contributed by atoms with Crippen LogP contribution in [-0.2, 0) is 17.8 Å². The van der Waals surface area contributed by atoms with Crippen LogP contribution in [0.15, 0.2) is 60.7 Å². The molecule has 0 bridgehead atoms. The Morgan fingerprint density at radius 2 is 1.68 bits per heavy atom. The lowest BCUT2D eigenvalue weighted by Gasteiger charge is -2.15. The van der Waals surface area contributed by atoms with Crippen LogP contribution < -0.4 is 10.1 Å². The van der Waals surface area contributed by atoms with Gasteiger partial charge in [-0.2, -0.15) is 0 Å². The minimum absolute atomic E-state index is 0.216. The molecule has 0 aliphatic carbocycles. The van der Waals surface area contributed by atoms with E-state index >= 15 is 0 Å². The first kappa shape index (κ1) is 17.4. The van der Waals surface area contributed by atoms with Gasteiger partial charge in [0, 0.05) is 25.8 Å². The zero-order valence-corrected chi connectivity index (χ0v) is 14.3. The largest absolute Gasteiger partial charge is 0.491 e. The van der Waals surface area contributed by atoms with Gasteiger partial charge in [-0.25, -0.2) is 4.39 Å². The Bertz CT molecular complexity index is 818. The fourth-order valence-electron chi connectivity index (χ4n) is 2.80. The summed E-state index contributed by atoms with van der Waals surface area (Å²) < 4.78 is 24.0. The van der Waals surface area contributed by atoms with Crippen molar-refractivity contribution in [3.63, 3.8) is 0 Å². The SMILES string of the molecule is COCCOc1ccc2ccccc2c1CNCc1ccc(F)cc1. The summed E-state index contributed by atoms with van der Waals surface area (Å²) in [4.78, 5) is 0. The van der Waals surface area contributed by atoms with Gasteiger partial charge in [-0.1, -0.05) is 42.5 Å². The molecule has 0 atom stereocenters. The van der Waals surface area contributed by atoms with Crippen LogP contribution in [0.3, 0.4) is 0 Å². The van der Waals surface area contributed by atoms with Crippen LogP contribution in [0.5, 0.6) is 5.75 Å². The second-order valence-electron chi connectivity index (χ2n) is 5.83. The topological polar surface area (TPSA) is 30.5 Å². The van der Waals surface area contributed by atoms with Gasteiger partial charge in [0.2, 0.25) is 0 Å². The predicted octanol–water partition coefficient (Wildman–Crippen LogP) is 4.29. The van der Waals surface area contributed by atoms with Crippen molar-refractivity contribution in [2.45, 2.75) is 13.1 Å². The Balaban J connectivity index is 1.76. The van der Waals surface area contributed by atoms with E-state index in [-0.39, 0.29) is 5.82 Å². The zero-order valence-electron chi connectivity index (χ0n) is 14.3. The van der Waals surface area contributed by atoms with E-state index in [0.717, 1.165) is 16.9 Å². The van der Waals surface area contributed by atoms with Gasteiger partial charge in [-0.05, 0) is 34.5 Å². The maximum Gasteiger partial charge on any atom is 0.124 e. The number of fused-ring (bicyclic) bond motifs is 1. The lowest BCUT2D eigenvalue weighted by Crippen LogP contribution is -2.15. The van der Waals surface area contributed by atoms with Gasteiger partial charge >= 0.3 is 0 Å². The minimum atomic E-state index is -0.216. The van der Waals surface area contributed by atoms with Crippen LogP contribution in [-0.4, -0.2) is 20.3 Å². The molecular weight excluding hydrogens is 317 g/mol. The highest BCUT2D eigenvalue weighted by atomic mass is 19.1. The summed E-state index contributed by atoms with van der Waals surface area (Å²) >= 11 is 0. The first-order valence-corrected chi connectivity index (χ1v) is 8.35. The van der Waals surface area contributed by atoms with Crippen molar-refractivity contribution in [3.8, 4) is 5.75 Å². The molecule has 4 heteroatoms. The van der Waals surface area contributed by atoms with Gasteiger partial charge in [-0.15, -0.1) is 0 Å². The van der Waals surface area contributed by atoms with E-state index in [1.54, 1.807) is 19.2 Å². The Morgan fingerprint density at radius 3 is 2.48 bits per heavy atom. The highest BCUT2D eigenvalue weighted by Gasteiger charge is 2.09. The van der Waals surface area contributed by atoms with Gasteiger partial charge < -0.3 is 14.8 Å². The third kappa shape index (κ3) is 4.56. The molecule has 3 aromatic carbocycles. The van der Waals surface area contributed by atoms with Crippen molar-refractivity contribution in [2.75, 3.05) is 20.3 Å². The molecule has 130 valence electrons. The van der Waals surface area contributed by atoms with Gasteiger partial charge in [-0.3, -0.25) is 0 Å². The van der Waals surface area contributed by atoms with Crippen molar-refractivity contribution in [1.82, 2.24) is 5.32 Å². The van der Waals surface area contributed by atoms with Gasteiger partial charge in [0.15, 0.2) is 0 Å². The molecule has 0 unspecified atom stereocenters. The number of hydrogen-bond donors (Lipinski definition) is 1. The van der Waals surface area contributed by atoms with Gasteiger partial charge in [0.1, 0.15) is 18.2 Å². The third-order valence-electron chi connectivity index (χ3n) is 4.09. The summed E-state index contributed by atoms with van der Waals surface area (Å²) in [5.74, 6) is 0.647. The number of hydrogen-bond acceptors (Lipinski definition) is 3. The first-order valence-electron chi connectivity index (χ1n) is 8.35. The van der Waals surface area contributed by atoms with Gasteiger partial charge in [0.05, 0.1) is 6.61 Å². The smallest absolute Gasteiger partial charge is 0.124 e. The molecule has 0 radical (unpaired) electrons. The molecule has 0 spiro atoms. The van der Waals surface area contributed by atoms with E-state index in [1.807, 2.05) is 18.2 Å². The monoisotopic (exact) mass is 339 g/mol. The van der Waals surface area contributed by atoms with Crippen LogP contribution in [0.1, 0.15) is 11.1 Å². The van der Waals surface area contributed by atoms with Crippen LogP contribution in [0.25, 0.3) is 10.8 Å². The predicted molar refractivity (Wildman–Crippen MR) is 98.3 cm³/mol. The number of rotatable bonds is 8. The summed E-state index contributed by atoms with van der Waals surface area (Å²) in [6, 6.07) is 18.9. The lowest BCUT2D eigenvalue weighted by atomic mass is 10.0. The molecular formula is C21H22FNO2. The normalized spacial score (nSPS) is 11.0.